The van der Waals surface area contributed by atoms with Gasteiger partial charge in [0.1, 0.15) is 6.54 Å². The topological polar surface area (TPSA) is 98.5 Å². The maximum atomic E-state index is 11.9. The van der Waals surface area contributed by atoms with Crippen molar-refractivity contribution in [2.75, 3.05) is 13.7 Å². The Labute approximate surface area is 106 Å². The van der Waals surface area contributed by atoms with Gasteiger partial charge < -0.3 is 10.5 Å². The molecule has 6 nitrogen and oxygen atoms in total. The first-order chi connectivity index (χ1) is 8.36. The highest BCUT2D eigenvalue weighted by atomic mass is 32.2. The third-order valence-corrected chi connectivity index (χ3v) is 3.73. The lowest BCUT2D eigenvalue weighted by molar-refractivity contribution is -0.139. The Morgan fingerprint density at radius 1 is 1.50 bits per heavy atom. The highest BCUT2D eigenvalue weighted by Gasteiger charge is 2.16. The van der Waals surface area contributed by atoms with Crippen LogP contribution in [0.15, 0.2) is 29.2 Å². The highest BCUT2D eigenvalue weighted by molar-refractivity contribution is 7.89. The first-order valence-electron chi connectivity index (χ1n) is 5.29. The molecule has 0 bridgehead atoms. The lowest BCUT2D eigenvalue weighted by atomic mass is 10.1. The molecule has 0 radical (unpaired) electrons. The van der Waals surface area contributed by atoms with E-state index < -0.39 is 22.5 Å². The number of benzene rings is 1. The van der Waals surface area contributed by atoms with Crippen molar-refractivity contribution in [3.63, 3.8) is 0 Å². The fourth-order valence-corrected chi connectivity index (χ4v) is 2.30. The molecule has 1 rings (SSSR count). The van der Waals surface area contributed by atoms with Crippen LogP contribution in [0.4, 0.5) is 0 Å². The predicted octanol–water partition coefficient (Wildman–Crippen LogP) is 0.158. The molecule has 1 unspecified atom stereocenters. The van der Waals surface area contributed by atoms with Crippen LogP contribution in [0.5, 0.6) is 0 Å². The lowest BCUT2D eigenvalue weighted by Crippen LogP contribution is -2.30. The molecule has 1 aromatic rings. The van der Waals surface area contributed by atoms with Crippen LogP contribution in [0.3, 0.4) is 0 Å². The molecule has 0 aliphatic heterocycles. The molecule has 0 aliphatic rings. The number of carbonyl (C=O) groups excluding carboxylic acids is 1. The van der Waals surface area contributed by atoms with Crippen molar-refractivity contribution in [1.29, 1.82) is 0 Å². The summed E-state index contributed by atoms with van der Waals surface area (Å²) in [5, 5.41) is 0. The van der Waals surface area contributed by atoms with Gasteiger partial charge in [-0.3, -0.25) is 4.79 Å². The number of sulfonamides is 1. The van der Waals surface area contributed by atoms with Gasteiger partial charge in [0, 0.05) is 6.04 Å². The van der Waals surface area contributed by atoms with Crippen molar-refractivity contribution in [3.8, 4) is 0 Å². The minimum atomic E-state index is -3.73. The van der Waals surface area contributed by atoms with E-state index in [4.69, 9.17) is 5.73 Å². The van der Waals surface area contributed by atoms with Gasteiger partial charge in [0.2, 0.25) is 10.0 Å². The molecule has 0 aliphatic carbocycles. The number of methoxy groups -OCH3 is 1. The summed E-state index contributed by atoms with van der Waals surface area (Å²) >= 11 is 0. The molecule has 0 amide bonds. The Hall–Kier alpha value is -1.44. The van der Waals surface area contributed by atoms with Crippen LogP contribution >= 0.6 is 0 Å². The number of nitrogens with one attached hydrogen (secondary N) is 1. The molecule has 1 aromatic carbocycles. The smallest absolute Gasteiger partial charge is 0.320 e. The van der Waals surface area contributed by atoms with E-state index in [9.17, 15) is 13.2 Å². The Balaban J connectivity index is 2.91. The molecule has 1 atom stereocenters. The third kappa shape index (κ3) is 3.80. The van der Waals surface area contributed by atoms with E-state index in [0.717, 1.165) is 0 Å². The fourth-order valence-electron chi connectivity index (χ4n) is 1.27. The minimum absolute atomic E-state index is 0.0706. The van der Waals surface area contributed by atoms with Crippen LogP contribution in [0.2, 0.25) is 0 Å². The van der Waals surface area contributed by atoms with Crippen molar-refractivity contribution < 1.29 is 17.9 Å². The van der Waals surface area contributed by atoms with Crippen molar-refractivity contribution in [1.82, 2.24) is 4.72 Å². The van der Waals surface area contributed by atoms with Crippen LogP contribution in [0, 0.1) is 0 Å². The number of hydrogen-bond donors (Lipinski definition) is 2. The molecule has 100 valence electrons. The van der Waals surface area contributed by atoms with Crippen molar-refractivity contribution in [2.24, 2.45) is 5.73 Å². The van der Waals surface area contributed by atoms with Crippen LogP contribution in [-0.2, 0) is 19.6 Å². The average molecular weight is 272 g/mol. The highest BCUT2D eigenvalue weighted by Crippen LogP contribution is 2.15. The lowest BCUT2D eigenvalue weighted by Gasteiger charge is -2.09. The third-order valence-electron chi connectivity index (χ3n) is 2.33. The summed E-state index contributed by atoms with van der Waals surface area (Å²) in [6.07, 6.45) is 0. The summed E-state index contributed by atoms with van der Waals surface area (Å²) < 4.78 is 30.2. The van der Waals surface area contributed by atoms with Gasteiger partial charge in [-0.15, -0.1) is 0 Å². The van der Waals surface area contributed by atoms with Crippen LogP contribution < -0.4 is 10.5 Å². The van der Waals surface area contributed by atoms with Crippen LogP contribution in [-0.4, -0.2) is 28.0 Å². The second-order valence-electron chi connectivity index (χ2n) is 3.76. The molecule has 0 fully saturated rings. The first kappa shape index (κ1) is 14.6. The number of nitrogens with two attached hydrogens (primary N) is 1. The Morgan fingerprint density at radius 3 is 2.72 bits per heavy atom. The van der Waals surface area contributed by atoms with E-state index in [1.54, 1.807) is 19.1 Å². The van der Waals surface area contributed by atoms with Gasteiger partial charge in [0.25, 0.3) is 0 Å². The zero-order valence-electron chi connectivity index (χ0n) is 10.2. The molecule has 0 heterocycles. The number of esters is 1. The Bertz CT molecular complexity index is 526. The maximum Gasteiger partial charge on any atom is 0.320 e. The van der Waals surface area contributed by atoms with E-state index in [2.05, 4.69) is 9.46 Å². The second kappa shape index (κ2) is 5.94. The van der Waals surface area contributed by atoms with Gasteiger partial charge in [0.15, 0.2) is 0 Å². The van der Waals surface area contributed by atoms with E-state index in [-0.39, 0.29) is 10.9 Å². The summed E-state index contributed by atoms with van der Waals surface area (Å²) in [6, 6.07) is 5.99. The minimum Gasteiger partial charge on any atom is -0.468 e. The van der Waals surface area contributed by atoms with Gasteiger partial charge in [0.05, 0.1) is 12.0 Å². The van der Waals surface area contributed by atoms with Gasteiger partial charge in [-0.2, -0.15) is 4.72 Å². The summed E-state index contributed by atoms with van der Waals surface area (Å²) in [5.74, 6) is -0.651. The Morgan fingerprint density at radius 2 is 2.17 bits per heavy atom. The zero-order valence-corrected chi connectivity index (χ0v) is 11.0. The predicted molar refractivity (Wildman–Crippen MR) is 66.2 cm³/mol. The summed E-state index contributed by atoms with van der Waals surface area (Å²) in [4.78, 5) is 11.0. The summed E-state index contributed by atoms with van der Waals surface area (Å²) in [6.45, 7) is 1.36. The molecule has 18 heavy (non-hydrogen) atoms. The standard InChI is InChI=1S/C11H16N2O4S/c1-8(12)9-4-3-5-10(6-9)18(15,16)13-7-11(14)17-2/h3-6,8,13H,7,12H2,1-2H3. The summed E-state index contributed by atoms with van der Waals surface area (Å²) in [5.41, 5.74) is 6.38. The molecular formula is C11H16N2O4S. The maximum absolute atomic E-state index is 11.9. The van der Waals surface area contributed by atoms with Crippen LogP contribution in [0.25, 0.3) is 0 Å². The monoisotopic (exact) mass is 272 g/mol. The summed E-state index contributed by atoms with van der Waals surface area (Å²) in [7, 11) is -2.54. The van der Waals surface area contributed by atoms with E-state index >= 15 is 0 Å². The second-order valence-corrected chi connectivity index (χ2v) is 5.53. The van der Waals surface area contributed by atoms with E-state index in [1.165, 1.54) is 19.2 Å². The normalized spacial score (nSPS) is 13.1. The molecule has 0 saturated heterocycles. The molecular weight excluding hydrogens is 256 g/mol. The van der Waals surface area contributed by atoms with Crippen LogP contribution in [0.1, 0.15) is 18.5 Å². The zero-order chi connectivity index (χ0) is 13.8. The fraction of sp³-hybridized carbons (Fsp3) is 0.364. The van der Waals surface area contributed by atoms with Gasteiger partial charge in [-0.1, -0.05) is 12.1 Å². The molecule has 0 aromatic heterocycles. The number of ether oxygens (including phenoxy) is 1. The molecule has 0 saturated carbocycles. The van der Waals surface area contributed by atoms with Crippen molar-refractivity contribution in [2.45, 2.75) is 17.9 Å². The van der Waals surface area contributed by atoms with E-state index in [0.29, 0.717) is 5.56 Å². The quantitative estimate of drug-likeness (QED) is 0.744. The molecule has 7 heteroatoms. The van der Waals surface area contributed by atoms with E-state index in [1.807, 2.05) is 0 Å². The average Bonchev–Trinajstić information content (AvgIpc) is 2.36. The first-order valence-corrected chi connectivity index (χ1v) is 6.77. The largest absolute Gasteiger partial charge is 0.468 e. The van der Waals surface area contributed by atoms with Gasteiger partial charge in [-0.05, 0) is 24.6 Å². The number of hydrogen-bond acceptors (Lipinski definition) is 5. The van der Waals surface area contributed by atoms with Gasteiger partial charge in [-0.25, -0.2) is 8.42 Å². The van der Waals surface area contributed by atoms with Crippen molar-refractivity contribution in [3.05, 3.63) is 29.8 Å². The number of carbonyl (C=O) groups is 1. The van der Waals surface area contributed by atoms with Gasteiger partial charge >= 0.3 is 5.97 Å². The Kier molecular flexibility index (Phi) is 4.83. The SMILES string of the molecule is COC(=O)CNS(=O)(=O)c1cccc(C(C)N)c1. The van der Waals surface area contributed by atoms with Crippen molar-refractivity contribution >= 4 is 16.0 Å². The molecule has 3 N–H and O–H groups in total. The molecule has 0 spiro atoms. The number of rotatable bonds is 5.